The SMILES string of the molecule is Cc1ccc(OCc2nccs2)c(N)n1. The molecular weight excluding hydrogens is 210 g/mol. The van der Waals surface area contributed by atoms with Crippen molar-refractivity contribution in [2.24, 2.45) is 0 Å². The molecule has 4 nitrogen and oxygen atoms in total. The molecule has 0 spiro atoms. The molecule has 0 aromatic carbocycles. The molecule has 0 amide bonds. The van der Waals surface area contributed by atoms with Crippen LogP contribution in [0.1, 0.15) is 10.7 Å². The van der Waals surface area contributed by atoms with Crippen molar-refractivity contribution in [1.82, 2.24) is 9.97 Å². The van der Waals surface area contributed by atoms with Gasteiger partial charge in [0.15, 0.2) is 11.6 Å². The van der Waals surface area contributed by atoms with Crippen molar-refractivity contribution in [1.29, 1.82) is 0 Å². The molecule has 2 heterocycles. The van der Waals surface area contributed by atoms with Crippen LogP contribution in [0.2, 0.25) is 0 Å². The van der Waals surface area contributed by atoms with Crippen LogP contribution in [0, 0.1) is 6.92 Å². The number of rotatable bonds is 3. The highest BCUT2D eigenvalue weighted by molar-refractivity contribution is 7.09. The third-order valence-corrected chi connectivity index (χ3v) is 2.61. The minimum absolute atomic E-state index is 0.423. The minimum Gasteiger partial charge on any atom is -0.483 e. The zero-order valence-electron chi connectivity index (χ0n) is 8.30. The number of nitrogens with zero attached hydrogens (tertiary/aromatic N) is 2. The summed E-state index contributed by atoms with van der Waals surface area (Å²) < 4.78 is 5.50. The summed E-state index contributed by atoms with van der Waals surface area (Å²) in [6.07, 6.45) is 1.75. The van der Waals surface area contributed by atoms with Gasteiger partial charge in [-0.2, -0.15) is 0 Å². The van der Waals surface area contributed by atoms with Crippen molar-refractivity contribution in [3.05, 3.63) is 34.4 Å². The van der Waals surface area contributed by atoms with Gasteiger partial charge >= 0.3 is 0 Å². The first kappa shape index (κ1) is 9.92. The fourth-order valence-electron chi connectivity index (χ4n) is 1.15. The Morgan fingerprint density at radius 2 is 2.33 bits per heavy atom. The van der Waals surface area contributed by atoms with Gasteiger partial charge in [0.05, 0.1) is 0 Å². The average molecular weight is 221 g/mol. The van der Waals surface area contributed by atoms with Crippen molar-refractivity contribution in [3.8, 4) is 5.75 Å². The van der Waals surface area contributed by atoms with Crippen LogP contribution < -0.4 is 10.5 Å². The van der Waals surface area contributed by atoms with Gasteiger partial charge in [-0.15, -0.1) is 11.3 Å². The van der Waals surface area contributed by atoms with Gasteiger partial charge in [-0.25, -0.2) is 9.97 Å². The first-order chi connectivity index (χ1) is 7.25. The smallest absolute Gasteiger partial charge is 0.166 e. The number of hydrogen-bond acceptors (Lipinski definition) is 5. The summed E-state index contributed by atoms with van der Waals surface area (Å²) in [5.74, 6) is 1.03. The standard InChI is InChI=1S/C10H11N3OS/c1-7-2-3-8(10(11)13-7)14-6-9-12-4-5-15-9/h2-5H,6H2,1H3,(H2,11,13). The van der Waals surface area contributed by atoms with Crippen LogP contribution >= 0.6 is 11.3 Å². The summed E-state index contributed by atoms with van der Waals surface area (Å²) in [6.45, 7) is 2.33. The normalized spacial score (nSPS) is 10.2. The lowest BCUT2D eigenvalue weighted by atomic mass is 10.3. The molecule has 2 aromatic rings. The summed E-state index contributed by atoms with van der Waals surface area (Å²) in [6, 6.07) is 3.69. The second-order valence-corrected chi connectivity index (χ2v) is 4.03. The summed E-state index contributed by atoms with van der Waals surface area (Å²) in [7, 11) is 0. The third kappa shape index (κ3) is 2.44. The molecule has 0 saturated heterocycles. The van der Waals surface area contributed by atoms with E-state index in [2.05, 4.69) is 9.97 Å². The second-order valence-electron chi connectivity index (χ2n) is 3.05. The third-order valence-electron chi connectivity index (χ3n) is 1.86. The van der Waals surface area contributed by atoms with Gasteiger partial charge in [0, 0.05) is 17.3 Å². The Morgan fingerprint density at radius 3 is 3.00 bits per heavy atom. The van der Waals surface area contributed by atoms with Crippen molar-refractivity contribution in [2.45, 2.75) is 13.5 Å². The number of thiazole rings is 1. The molecule has 5 heteroatoms. The van der Waals surface area contributed by atoms with E-state index in [9.17, 15) is 0 Å². The summed E-state index contributed by atoms with van der Waals surface area (Å²) in [5.41, 5.74) is 6.59. The molecule has 2 rings (SSSR count). The van der Waals surface area contributed by atoms with E-state index in [-0.39, 0.29) is 0 Å². The zero-order valence-corrected chi connectivity index (χ0v) is 9.12. The van der Waals surface area contributed by atoms with Gasteiger partial charge in [-0.1, -0.05) is 0 Å². The van der Waals surface area contributed by atoms with E-state index in [1.54, 1.807) is 17.5 Å². The van der Waals surface area contributed by atoms with Gasteiger partial charge < -0.3 is 10.5 Å². The Morgan fingerprint density at radius 1 is 1.47 bits per heavy atom. The fourth-order valence-corrected chi connectivity index (χ4v) is 1.68. The van der Waals surface area contributed by atoms with Gasteiger partial charge in [-0.3, -0.25) is 0 Å². The number of aromatic nitrogens is 2. The molecule has 0 bridgehead atoms. The van der Waals surface area contributed by atoms with Crippen molar-refractivity contribution in [2.75, 3.05) is 5.73 Å². The molecule has 0 aliphatic rings. The van der Waals surface area contributed by atoms with Gasteiger partial charge in [0.2, 0.25) is 0 Å². The van der Waals surface area contributed by atoms with E-state index in [0.29, 0.717) is 18.2 Å². The Balaban J connectivity index is 2.05. The highest BCUT2D eigenvalue weighted by atomic mass is 32.1. The number of anilines is 1. The molecule has 0 aliphatic carbocycles. The number of ether oxygens (including phenoxy) is 1. The van der Waals surface area contributed by atoms with Crippen molar-refractivity contribution < 1.29 is 4.74 Å². The Bertz CT molecular complexity index is 442. The second kappa shape index (κ2) is 4.27. The number of pyridine rings is 1. The molecule has 0 fully saturated rings. The molecule has 15 heavy (non-hydrogen) atoms. The topological polar surface area (TPSA) is 61.0 Å². The maximum Gasteiger partial charge on any atom is 0.166 e. The van der Waals surface area contributed by atoms with Crippen LogP contribution in [0.3, 0.4) is 0 Å². The van der Waals surface area contributed by atoms with Crippen molar-refractivity contribution >= 4 is 17.2 Å². The molecule has 0 aliphatic heterocycles. The molecule has 2 N–H and O–H groups in total. The number of nitrogen functional groups attached to an aromatic ring is 1. The highest BCUT2D eigenvalue weighted by Crippen LogP contribution is 2.20. The predicted octanol–water partition coefficient (Wildman–Crippen LogP) is 2.01. The summed E-state index contributed by atoms with van der Waals surface area (Å²) in [5, 5.41) is 2.84. The van der Waals surface area contributed by atoms with Crippen LogP contribution in [-0.2, 0) is 6.61 Å². The molecule has 78 valence electrons. The minimum atomic E-state index is 0.423. The summed E-state index contributed by atoms with van der Waals surface area (Å²) in [4.78, 5) is 8.22. The van der Waals surface area contributed by atoms with Gasteiger partial charge in [-0.05, 0) is 19.1 Å². The van der Waals surface area contributed by atoms with E-state index in [1.807, 2.05) is 24.4 Å². The highest BCUT2D eigenvalue weighted by Gasteiger charge is 2.03. The van der Waals surface area contributed by atoms with E-state index in [1.165, 1.54) is 0 Å². The molecule has 0 atom stereocenters. The lowest BCUT2D eigenvalue weighted by Crippen LogP contribution is -2.00. The molecule has 0 saturated carbocycles. The largest absolute Gasteiger partial charge is 0.483 e. The molecule has 0 radical (unpaired) electrons. The van der Waals surface area contributed by atoms with Crippen LogP contribution in [0.25, 0.3) is 0 Å². The molecular formula is C10H11N3OS. The molecule has 0 unspecified atom stereocenters. The lowest BCUT2D eigenvalue weighted by molar-refractivity contribution is 0.306. The quantitative estimate of drug-likeness (QED) is 0.861. The summed E-state index contributed by atoms with van der Waals surface area (Å²) >= 11 is 1.55. The maximum absolute atomic E-state index is 5.71. The first-order valence-corrected chi connectivity index (χ1v) is 5.38. The van der Waals surface area contributed by atoms with E-state index in [0.717, 1.165) is 10.7 Å². The van der Waals surface area contributed by atoms with Crippen LogP contribution in [0.4, 0.5) is 5.82 Å². The Labute approximate surface area is 91.8 Å². The maximum atomic E-state index is 5.71. The van der Waals surface area contributed by atoms with Crippen LogP contribution in [0.5, 0.6) is 5.75 Å². The Kier molecular flexibility index (Phi) is 2.82. The van der Waals surface area contributed by atoms with Crippen molar-refractivity contribution in [3.63, 3.8) is 0 Å². The number of nitrogens with two attached hydrogens (primary N) is 1. The first-order valence-electron chi connectivity index (χ1n) is 4.50. The average Bonchev–Trinajstić information content (AvgIpc) is 2.69. The van der Waals surface area contributed by atoms with Crippen LogP contribution in [0.15, 0.2) is 23.7 Å². The zero-order chi connectivity index (χ0) is 10.7. The van der Waals surface area contributed by atoms with Gasteiger partial charge in [0.1, 0.15) is 11.6 Å². The predicted molar refractivity (Wildman–Crippen MR) is 59.8 cm³/mol. The van der Waals surface area contributed by atoms with Crippen LogP contribution in [-0.4, -0.2) is 9.97 Å². The number of aryl methyl sites for hydroxylation is 1. The molecule has 2 aromatic heterocycles. The van der Waals surface area contributed by atoms with Gasteiger partial charge in [0.25, 0.3) is 0 Å². The monoisotopic (exact) mass is 221 g/mol. The number of hydrogen-bond donors (Lipinski definition) is 1. The van der Waals surface area contributed by atoms with E-state index < -0.39 is 0 Å². The Hall–Kier alpha value is -1.62. The lowest BCUT2D eigenvalue weighted by Gasteiger charge is -2.06. The van der Waals surface area contributed by atoms with E-state index >= 15 is 0 Å². The fraction of sp³-hybridized carbons (Fsp3) is 0.200. The van der Waals surface area contributed by atoms with E-state index in [4.69, 9.17) is 10.5 Å².